The molecule has 0 aromatic heterocycles. The fourth-order valence-electron chi connectivity index (χ4n) is 1.27. The van der Waals surface area contributed by atoms with E-state index < -0.39 is 0 Å². The van der Waals surface area contributed by atoms with Gasteiger partial charge in [-0.2, -0.15) is 0 Å². The lowest BCUT2D eigenvalue weighted by Gasteiger charge is -1.92. The maximum atomic E-state index is 3.16. The van der Waals surface area contributed by atoms with E-state index in [1.807, 2.05) is 67.0 Å². The largest absolute Gasteiger partial charge is 0.247 e. The molecule has 0 unspecified atom stereocenters. The highest BCUT2D eigenvalue weighted by Crippen LogP contribution is 2.02. The Morgan fingerprint density at radius 2 is 1.40 bits per heavy atom. The monoisotopic (exact) mass is 197 g/mol. The van der Waals surface area contributed by atoms with Gasteiger partial charge in [0.2, 0.25) is 6.34 Å². The minimum atomic E-state index is 1.07. The summed E-state index contributed by atoms with van der Waals surface area (Å²) in [6, 6.07) is 20.1. The van der Waals surface area contributed by atoms with Gasteiger partial charge >= 0.3 is 0 Å². The third-order valence-corrected chi connectivity index (χ3v) is 2.03. The molecule has 0 amide bonds. The number of hydrogen-bond acceptors (Lipinski definition) is 0. The predicted octanol–water partition coefficient (Wildman–Crippen LogP) is 1.54. The van der Waals surface area contributed by atoms with Gasteiger partial charge in [0.1, 0.15) is 11.4 Å². The van der Waals surface area contributed by atoms with Crippen LogP contribution in [0.25, 0.3) is 0 Å². The maximum Gasteiger partial charge on any atom is 0.240 e. The summed E-state index contributed by atoms with van der Waals surface area (Å²) in [5.41, 5.74) is 2.14. The smallest absolute Gasteiger partial charge is 0.240 e. The van der Waals surface area contributed by atoms with Gasteiger partial charge in [-0.05, 0) is 24.3 Å². The van der Waals surface area contributed by atoms with Crippen LogP contribution in [-0.4, -0.2) is 6.34 Å². The van der Waals surface area contributed by atoms with E-state index in [4.69, 9.17) is 0 Å². The second-order valence-electron chi connectivity index (χ2n) is 3.17. The minimum Gasteiger partial charge on any atom is -0.247 e. The molecule has 15 heavy (non-hydrogen) atoms. The molecule has 2 nitrogen and oxygen atoms in total. The Labute approximate surface area is 89.3 Å². The molecule has 0 spiro atoms. The van der Waals surface area contributed by atoms with Crippen molar-refractivity contribution in [1.82, 2.24) is 0 Å². The van der Waals surface area contributed by atoms with E-state index in [0.717, 1.165) is 11.4 Å². The van der Waals surface area contributed by atoms with E-state index in [-0.39, 0.29) is 0 Å². The van der Waals surface area contributed by atoms with E-state index in [9.17, 15) is 0 Å². The van der Waals surface area contributed by atoms with Crippen LogP contribution in [0, 0.1) is 0 Å². The standard InChI is InChI=1S/C13H12N2/c1-3-7-12(8-4-1)14-11-15-13-9-5-2-6-10-13/h1-11H,(H,14,15)/p+1. The zero-order valence-electron chi connectivity index (χ0n) is 8.35. The van der Waals surface area contributed by atoms with Crippen molar-refractivity contribution in [3.63, 3.8) is 0 Å². The van der Waals surface area contributed by atoms with Gasteiger partial charge in [0.25, 0.3) is 0 Å². The van der Waals surface area contributed by atoms with Crippen molar-refractivity contribution >= 4 is 17.7 Å². The summed E-state index contributed by atoms with van der Waals surface area (Å²) in [6.45, 7) is 0. The molecule has 0 aliphatic heterocycles. The molecular formula is C13H13N2+. The lowest BCUT2D eigenvalue weighted by Crippen LogP contribution is -2.62. The van der Waals surface area contributed by atoms with E-state index in [1.54, 1.807) is 0 Å². The van der Waals surface area contributed by atoms with Crippen molar-refractivity contribution < 1.29 is 4.99 Å². The molecule has 0 fully saturated rings. The van der Waals surface area contributed by atoms with Crippen LogP contribution in [0.15, 0.2) is 60.7 Å². The maximum absolute atomic E-state index is 3.16. The highest BCUT2D eigenvalue weighted by atomic mass is 14.9. The number of hydrogen-bond donors (Lipinski definition) is 2. The van der Waals surface area contributed by atoms with E-state index in [0.29, 0.717) is 0 Å². The van der Waals surface area contributed by atoms with Crippen molar-refractivity contribution in [2.75, 3.05) is 5.32 Å². The molecule has 0 saturated heterocycles. The molecule has 0 aliphatic rings. The van der Waals surface area contributed by atoms with Crippen molar-refractivity contribution in [2.24, 2.45) is 0 Å². The first-order chi connectivity index (χ1) is 7.45. The van der Waals surface area contributed by atoms with Crippen LogP contribution in [-0.2, 0) is 0 Å². The molecule has 0 heterocycles. The average molecular weight is 197 g/mol. The Balaban J connectivity index is 1.97. The Kier molecular flexibility index (Phi) is 3.13. The van der Waals surface area contributed by atoms with Crippen LogP contribution in [0.3, 0.4) is 0 Å². The van der Waals surface area contributed by atoms with Gasteiger partial charge in [-0.3, -0.25) is 0 Å². The molecule has 74 valence electrons. The number of rotatable bonds is 3. The topological polar surface area (TPSA) is 26.0 Å². The lowest BCUT2D eigenvalue weighted by molar-refractivity contribution is -0.347. The molecule has 0 saturated carbocycles. The summed E-state index contributed by atoms with van der Waals surface area (Å²) >= 11 is 0. The molecular weight excluding hydrogens is 184 g/mol. The second-order valence-corrected chi connectivity index (χ2v) is 3.17. The van der Waals surface area contributed by atoms with Crippen LogP contribution in [0.4, 0.5) is 11.4 Å². The van der Waals surface area contributed by atoms with Crippen LogP contribution < -0.4 is 10.3 Å². The van der Waals surface area contributed by atoms with E-state index in [1.165, 1.54) is 0 Å². The third kappa shape index (κ3) is 2.95. The zero-order valence-corrected chi connectivity index (χ0v) is 8.35. The highest BCUT2D eigenvalue weighted by Gasteiger charge is 1.90. The summed E-state index contributed by atoms with van der Waals surface area (Å²) in [5, 5.41) is 3.16. The van der Waals surface area contributed by atoms with Gasteiger partial charge in [-0.15, -0.1) is 0 Å². The Hall–Kier alpha value is -2.09. The predicted molar refractivity (Wildman–Crippen MR) is 63.2 cm³/mol. The average Bonchev–Trinajstić information content (AvgIpc) is 2.32. The molecule has 0 bridgehead atoms. The first-order valence-corrected chi connectivity index (χ1v) is 4.90. The van der Waals surface area contributed by atoms with Gasteiger partial charge in [-0.1, -0.05) is 36.4 Å². The summed E-state index contributed by atoms with van der Waals surface area (Å²) in [6.07, 6.45) is 1.82. The van der Waals surface area contributed by atoms with Crippen LogP contribution >= 0.6 is 0 Å². The van der Waals surface area contributed by atoms with Gasteiger partial charge in [0, 0.05) is 0 Å². The Morgan fingerprint density at radius 1 is 0.800 bits per heavy atom. The minimum absolute atomic E-state index is 1.07. The number of nitrogens with one attached hydrogen (secondary N) is 2. The van der Waals surface area contributed by atoms with Crippen molar-refractivity contribution in [3.8, 4) is 0 Å². The SMILES string of the molecule is C(Nc1ccccc1)=[NH+]c1ccccc1. The quantitative estimate of drug-likeness (QED) is 0.566. The van der Waals surface area contributed by atoms with Gasteiger partial charge < -0.3 is 0 Å². The summed E-state index contributed by atoms with van der Waals surface area (Å²) in [7, 11) is 0. The van der Waals surface area contributed by atoms with E-state index in [2.05, 4.69) is 10.3 Å². The van der Waals surface area contributed by atoms with Crippen molar-refractivity contribution in [3.05, 3.63) is 60.7 Å². The van der Waals surface area contributed by atoms with Crippen molar-refractivity contribution in [2.45, 2.75) is 0 Å². The third-order valence-electron chi connectivity index (χ3n) is 2.03. The van der Waals surface area contributed by atoms with Gasteiger partial charge in [0.15, 0.2) is 0 Å². The summed E-state index contributed by atoms with van der Waals surface area (Å²) in [5.74, 6) is 0. The molecule has 0 atom stereocenters. The first kappa shape index (κ1) is 9.46. The Morgan fingerprint density at radius 3 is 2.07 bits per heavy atom. The molecule has 2 aromatic carbocycles. The fraction of sp³-hybridized carbons (Fsp3) is 0. The molecule has 2 rings (SSSR count). The molecule has 2 heteroatoms. The van der Waals surface area contributed by atoms with Crippen LogP contribution in [0.1, 0.15) is 0 Å². The fourth-order valence-corrected chi connectivity index (χ4v) is 1.27. The first-order valence-electron chi connectivity index (χ1n) is 4.90. The number of para-hydroxylation sites is 2. The molecule has 2 aromatic rings. The second kappa shape index (κ2) is 4.96. The number of anilines is 1. The zero-order chi connectivity index (χ0) is 10.3. The summed E-state index contributed by atoms with van der Waals surface area (Å²) in [4.78, 5) is 3.16. The van der Waals surface area contributed by atoms with Crippen LogP contribution in [0.5, 0.6) is 0 Å². The van der Waals surface area contributed by atoms with Gasteiger partial charge in [-0.25, -0.2) is 10.3 Å². The lowest BCUT2D eigenvalue weighted by atomic mass is 10.3. The molecule has 0 aliphatic carbocycles. The summed E-state index contributed by atoms with van der Waals surface area (Å²) < 4.78 is 0. The van der Waals surface area contributed by atoms with E-state index >= 15 is 0 Å². The van der Waals surface area contributed by atoms with Crippen LogP contribution in [0.2, 0.25) is 0 Å². The van der Waals surface area contributed by atoms with Crippen molar-refractivity contribution in [1.29, 1.82) is 0 Å². The molecule has 2 N–H and O–H groups in total. The van der Waals surface area contributed by atoms with Gasteiger partial charge in [0.05, 0.1) is 0 Å². The Bertz CT molecular complexity index is 421. The normalized spacial score (nSPS) is 10.4. The molecule has 0 radical (unpaired) electrons. The number of benzene rings is 2. The highest BCUT2D eigenvalue weighted by molar-refractivity contribution is 5.71.